The molecule has 0 saturated heterocycles. The molecule has 0 aliphatic carbocycles. The number of benzene rings is 1. The molecule has 1 aromatic rings. The van der Waals surface area contributed by atoms with E-state index < -0.39 is 28.4 Å². The Bertz CT molecular complexity index is 673. The number of nitro benzene ring substituents is 1. The largest absolute Gasteiger partial charge is 0.494 e. The molecule has 1 rings (SSSR count). The van der Waals surface area contributed by atoms with Crippen LogP contribution >= 0.6 is 0 Å². The van der Waals surface area contributed by atoms with Gasteiger partial charge in [-0.3, -0.25) is 10.1 Å². The maximum atomic E-state index is 13.6. The number of carbonyl (C=O) groups is 2. The number of nitro groups is 1. The van der Waals surface area contributed by atoms with Gasteiger partial charge in [0.15, 0.2) is 0 Å². The summed E-state index contributed by atoms with van der Waals surface area (Å²) >= 11 is 0. The van der Waals surface area contributed by atoms with Crippen molar-refractivity contribution in [2.24, 2.45) is 0 Å². The molecule has 0 spiro atoms. The van der Waals surface area contributed by atoms with Gasteiger partial charge in [0.05, 0.1) is 38.0 Å². The number of methoxy groups -OCH3 is 3. The summed E-state index contributed by atoms with van der Waals surface area (Å²) in [6.45, 7) is 0. The predicted octanol–water partition coefficient (Wildman–Crippen LogP) is 1.38. The highest BCUT2D eigenvalue weighted by atomic mass is 19.1. The molecule has 0 amide bonds. The zero-order chi connectivity index (χ0) is 17.6. The molecule has 0 unspecified atom stereocenters. The lowest BCUT2D eigenvalue weighted by molar-refractivity contribution is -0.387. The fourth-order valence-electron chi connectivity index (χ4n) is 1.53. The molecule has 0 atom stereocenters. The van der Waals surface area contributed by atoms with Crippen molar-refractivity contribution in [2.45, 2.75) is 0 Å². The molecular weight excluding hydrogens is 315 g/mol. The Hall–Kier alpha value is -3.17. The predicted molar refractivity (Wildman–Crippen MR) is 75.3 cm³/mol. The minimum atomic E-state index is -1.12. The van der Waals surface area contributed by atoms with E-state index in [1.54, 1.807) is 0 Å². The molecule has 23 heavy (non-hydrogen) atoms. The van der Waals surface area contributed by atoms with Crippen LogP contribution in [0.1, 0.15) is 0 Å². The van der Waals surface area contributed by atoms with Crippen molar-refractivity contribution in [2.75, 3.05) is 26.6 Å². The molecule has 0 radical (unpaired) electrons. The summed E-state index contributed by atoms with van der Waals surface area (Å²) in [6, 6.07) is 1.59. The fourth-order valence-corrected chi connectivity index (χ4v) is 1.53. The topological polar surface area (TPSA) is 117 Å². The minimum absolute atomic E-state index is 0.110. The SMILES string of the molecule is COC(=O)/C=C(/Nc1cc([N+](=O)[O-])c(F)cc1OC)C(=O)OC. The first kappa shape index (κ1) is 17.9. The number of halogens is 1. The van der Waals surface area contributed by atoms with E-state index in [0.29, 0.717) is 0 Å². The second kappa shape index (κ2) is 7.73. The zero-order valence-corrected chi connectivity index (χ0v) is 12.4. The Kier molecular flexibility index (Phi) is 6.01. The van der Waals surface area contributed by atoms with Gasteiger partial charge in [0.2, 0.25) is 5.82 Å². The van der Waals surface area contributed by atoms with E-state index in [9.17, 15) is 24.1 Å². The second-order valence-corrected chi connectivity index (χ2v) is 3.96. The van der Waals surface area contributed by atoms with Crippen LogP contribution in [0.15, 0.2) is 23.9 Å². The van der Waals surface area contributed by atoms with E-state index in [-0.39, 0.29) is 17.1 Å². The highest BCUT2D eigenvalue weighted by molar-refractivity contribution is 5.99. The Balaban J connectivity index is 3.34. The normalized spacial score (nSPS) is 10.7. The van der Waals surface area contributed by atoms with Gasteiger partial charge in [0.25, 0.3) is 0 Å². The van der Waals surface area contributed by atoms with Crippen molar-refractivity contribution >= 4 is 23.3 Å². The van der Waals surface area contributed by atoms with E-state index in [1.807, 2.05) is 0 Å². The first-order valence-corrected chi connectivity index (χ1v) is 6.01. The second-order valence-electron chi connectivity index (χ2n) is 3.96. The summed E-state index contributed by atoms with van der Waals surface area (Å²) in [4.78, 5) is 32.8. The quantitative estimate of drug-likeness (QED) is 0.360. The fraction of sp³-hybridized carbons (Fsp3) is 0.231. The maximum absolute atomic E-state index is 13.6. The van der Waals surface area contributed by atoms with Crippen molar-refractivity contribution in [3.05, 3.63) is 39.8 Å². The third kappa shape index (κ3) is 4.40. The molecule has 0 aliphatic rings. The monoisotopic (exact) mass is 328 g/mol. The molecule has 0 saturated carbocycles. The number of anilines is 1. The van der Waals surface area contributed by atoms with E-state index in [1.165, 1.54) is 7.11 Å². The summed E-state index contributed by atoms with van der Waals surface area (Å²) in [5, 5.41) is 13.2. The van der Waals surface area contributed by atoms with E-state index in [4.69, 9.17) is 4.74 Å². The van der Waals surface area contributed by atoms with E-state index in [0.717, 1.165) is 32.4 Å². The van der Waals surface area contributed by atoms with Gasteiger partial charge in [-0.25, -0.2) is 9.59 Å². The summed E-state index contributed by atoms with van der Waals surface area (Å²) in [5.74, 6) is -3.04. The standard InChI is InChI=1S/C13H13FN2O7/c1-21-11-4-7(14)10(16(19)20)5-8(11)15-9(13(18)23-3)6-12(17)22-2/h4-6,15H,1-3H3/b9-6+. The van der Waals surface area contributed by atoms with Gasteiger partial charge in [0.1, 0.15) is 11.4 Å². The van der Waals surface area contributed by atoms with E-state index >= 15 is 0 Å². The number of ether oxygens (including phenoxy) is 3. The molecule has 0 bridgehead atoms. The van der Waals surface area contributed by atoms with Gasteiger partial charge in [-0.05, 0) is 0 Å². The lowest BCUT2D eigenvalue weighted by Crippen LogP contribution is -2.16. The van der Waals surface area contributed by atoms with Crippen LogP contribution in [0.4, 0.5) is 15.8 Å². The van der Waals surface area contributed by atoms with Crippen LogP contribution in [-0.4, -0.2) is 38.2 Å². The van der Waals surface area contributed by atoms with Gasteiger partial charge < -0.3 is 19.5 Å². The molecule has 0 aliphatic heterocycles. The number of esters is 2. The lowest BCUT2D eigenvalue weighted by Gasteiger charge is -2.12. The summed E-state index contributed by atoms with van der Waals surface area (Å²) in [5.41, 5.74) is -1.32. The third-order valence-corrected chi connectivity index (χ3v) is 2.60. The Morgan fingerprint density at radius 3 is 2.39 bits per heavy atom. The summed E-state index contributed by atoms with van der Waals surface area (Å²) < 4.78 is 27.3. The van der Waals surface area contributed by atoms with Gasteiger partial charge in [0, 0.05) is 12.1 Å². The van der Waals surface area contributed by atoms with Crippen molar-refractivity contribution in [1.29, 1.82) is 0 Å². The van der Waals surface area contributed by atoms with Crippen LogP contribution in [0.5, 0.6) is 5.75 Å². The van der Waals surface area contributed by atoms with Gasteiger partial charge in [-0.2, -0.15) is 4.39 Å². The molecule has 0 aromatic heterocycles. The van der Waals surface area contributed by atoms with Crippen LogP contribution in [0, 0.1) is 15.9 Å². The number of rotatable bonds is 6. The van der Waals surface area contributed by atoms with E-state index in [2.05, 4.69) is 14.8 Å². The van der Waals surface area contributed by atoms with Gasteiger partial charge in [-0.15, -0.1) is 0 Å². The third-order valence-electron chi connectivity index (χ3n) is 2.60. The molecule has 124 valence electrons. The van der Waals surface area contributed by atoms with Crippen molar-refractivity contribution in [3.63, 3.8) is 0 Å². The minimum Gasteiger partial charge on any atom is -0.494 e. The Morgan fingerprint density at radius 2 is 1.91 bits per heavy atom. The number of hydrogen-bond donors (Lipinski definition) is 1. The number of nitrogens with zero attached hydrogens (tertiary/aromatic N) is 1. The average Bonchev–Trinajstić information content (AvgIpc) is 2.53. The lowest BCUT2D eigenvalue weighted by atomic mass is 10.2. The van der Waals surface area contributed by atoms with Gasteiger partial charge in [-0.1, -0.05) is 0 Å². The smallest absolute Gasteiger partial charge is 0.354 e. The highest BCUT2D eigenvalue weighted by Gasteiger charge is 2.21. The Morgan fingerprint density at radius 1 is 1.26 bits per heavy atom. The molecule has 10 heteroatoms. The van der Waals surface area contributed by atoms with Crippen LogP contribution in [0.2, 0.25) is 0 Å². The van der Waals surface area contributed by atoms with Crippen LogP contribution < -0.4 is 10.1 Å². The molecule has 0 fully saturated rings. The summed E-state index contributed by atoms with van der Waals surface area (Å²) in [6.07, 6.45) is 0.778. The first-order chi connectivity index (χ1) is 10.8. The van der Waals surface area contributed by atoms with Gasteiger partial charge >= 0.3 is 17.6 Å². The number of hydrogen-bond acceptors (Lipinski definition) is 8. The van der Waals surface area contributed by atoms with Crippen molar-refractivity contribution in [3.8, 4) is 5.75 Å². The van der Waals surface area contributed by atoms with Crippen LogP contribution in [-0.2, 0) is 19.1 Å². The average molecular weight is 328 g/mol. The number of carbonyl (C=O) groups excluding carboxylic acids is 2. The molecule has 0 heterocycles. The number of nitrogens with one attached hydrogen (secondary N) is 1. The highest BCUT2D eigenvalue weighted by Crippen LogP contribution is 2.32. The molecular formula is C13H13FN2O7. The molecule has 9 nitrogen and oxygen atoms in total. The Labute approximate surface area is 129 Å². The maximum Gasteiger partial charge on any atom is 0.354 e. The summed E-state index contributed by atoms with van der Waals surface area (Å²) in [7, 11) is 3.37. The zero-order valence-electron chi connectivity index (χ0n) is 12.4. The van der Waals surface area contributed by atoms with Crippen LogP contribution in [0.25, 0.3) is 0 Å². The van der Waals surface area contributed by atoms with Crippen molar-refractivity contribution in [1.82, 2.24) is 0 Å². The molecule has 1 N–H and O–H groups in total. The van der Waals surface area contributed by atoms with Crippen LogP contribution in [0.3, 0.4) is 0 Å². The first-order valence-electron chi connectivity index (χ1n) is 6.01. The van der Waals surface area contributed by atoms with Crippen molar-refractivity contribution < 1.29 is 33.1 Å². The molecule has 1 aromatic carbocycles.